The molecule has 1 aromatic rings. The standard InChI is InChI=1S/C19H28N4O3/c1-2-26-19(25)23-12-8-16(9-13-23)21-17-7-6-15(14-20-17)18(24)22-10-4-3-5-11-22/h6-7,14,16H,2-5,8-13H2,1H3,(H,20,21). The molecule has 26 heavy (non-hydrogen) atoms. The number of likely N-dealkylation sites (tertiary alicyclic amines) is 2. The lowest BCUT2D eigenvalue weighted by Gasteiger charge is -2.31. The minimum absolute atomic E-state index is 0.0755. The highest BCUT2D eigenvalue weighted by molar-refractivity contribution is 5.94. The van der Waals surface area contributed by atoms with Gasteiger partial charge in [0.15, 0.2) is 0 Å². The summed E-state index contributed by atoms with van der Waals surface area (Å²) in [5, 5.41) is 3.40. The molecule has 1 N–H and O–H groups in total. The van der Waals surface area contributed by atoms with Crippen LogP contribution in [0.15, 0.2) is 18.3 Å². The van der Waals surface area contributed by atoms with Crippen molar-refractivity contribution in [1.82, 2.24) is 14.8 Å². The molecule has 7 nitrogen and oxygen atoms in total. The maximum Gasteiger partial charge on any atom is 0.409 e. The molecular weight excluding hydrogens is 332 g/mol. The van der Waals surface area contributed by atoms with Crippen molar-refractivity contribution >= 4 is 17.8 Å². The number of nitrogens with zero attached hydrogens (tertiary/aromatic N) is 3. The van der Waals surface area contributed by atoms with Crippen LogP contribution in [0.5, 0.6) is 0 Å². The molecule has 0 atom stereocenters. The van der Waals surface area contributed by atoms with Crippen LogP contribution >= 0.6 is 0 Å². The van der Waals surface area contributed by atoms with Crippen LogP contribution < -0.4 is 5.32 Å². The van der Waals surface area contributed by atoms with Gasteiger partial charge in [-0.15, -0.1) is 0 Å². The molecule has 0 aliphatic carbocycles. The molecule has 2 amide bonds. The number of carbonyl (C=O) groups excluding carboxylic acids is 2. The summed E-state index contributed by atoms with van der Waals surface area (Å²) in [6.07, 6.45) is 6.52. The number of hydrogen-bond donors (Lipinski definition) is 1. The van der Waals surface area contributed by atoms with Gasteiger partial charge in [0.2, 0.25) is 0 Å². The monoisotopic (exact) mass is 360 g/mol. The number of amides is 2. The summed E-state index contributed by atoms with van der Waals surface area (Å²) >= 11 is 0. The van der Waals surface area contributed by atoms with E-state index in [1.54, 1.807) is 11.1 Å². The number of aromatic nitrogens is 1. The Hall–Kier alpha value is -2.31. The summed E-state index contributed by atoms with van der Waals surface area (Å²) in [6.45, 7) is 5.28. The summed E-state index contributed by atoms with van der Waals surface area (Å²) in [6, 6.07) is 3.99. The van der Waals surface area contributed by atoms with Crippen LogP contribution in [0.2, 0.25) is 0 Å². The quantitative estimate of drug-likeness (QED) is 0.894. The van der Waals surface area contributed by atoms with Crippen molar-refractivity contribution in [2.24, 2.45) is 0 Å². The van der Waals surface area contributed by atoms with Crippen LogP contribution in [0.4, 0.5) is 10.6 Å². The number of hydrogen-bond acceptors (Lipinski definition) is 5. The first-order valence-electron chi connectivity index (χ1n) is 9.61. The zero-order valence-electron chi connectivity index (χ0n) is 15.4. The Kier molecular flexibility index (Phi) is 6.30. The second-order valence-corrected chi connectivity index (χ2v) is 6.89. The van der Waals surface area contributed by atoms with Crippen LogP contribution in [0.1, 0.15) is 49.4 Å². The van der Waals surface area contributed by atoms with Crippen molar-refractivity contribution in [2.75, 3.05) is 38.1 Å². The van der Waals surface area contributed by atoms with Crippen LogP contribution in [-0.4, -0.2) is 65.6 Å². The molecule has 2 saturated heterocycles. The van der Waals surface area contributed by atoms with Crippen molar-refractivity contribution in [1.29, 1.82) is 0 Å². The molecule has 1 aromatic heterocycles. The Morgan fingerprint density at radius 3 is 2.46 bits per heavy atom. The largest absolute Gasteiger partial charge is 0.450 e. The average molecular weight is 360 g/mol. The summed E-state index contributed by atoms with van der Waals surface area (Å²) in [5.74, 6) is 0.848. The van der Waals surface area contributed by atoms with Crippen molar-refractivity contribution in [3.05, 3.63) is 23.9 Å². The molecule has 2 aliphatic rings. The molecular formula is C19H28N4O3. The lowest BCUT2D eigenvalue weighted by Crippen LogP contribution is -2.42. The number of pyridine rings is 1. The molecule has 0 saturated carbocycles. The topological polar surface area (TPSA) is 74.8 Å². The third-order valence-corrected chi connectivity index (χ3v) is 5.03. The molecule has 0 unspecified atom stereocenters. The highest BCUT2D eigenvalue weighted by Crippen LogP contribution is 2.17. The summed E-state index contributed by atoms with van der Waals surface area (Å²) in [4.78, 5) is 32.3. The van der Waals surface area contributed by atoms with Crippen molar-refractivity contribution in [3.63, 3.8) is 0 Å². The first-order valence-corrected chi connectivity index (χ1v) is 9.61. The number of ether oxygens (including phenoxy) is 1. The van der Waals surface area contributed by atoms with E-state index in [0.717, 1.165) is 44.6 Å². The second-order valence-electron chi connectivity index (χ2n) is 6.89. The van der Waals surface area contributed by atoms with Gasteiger partial charge < -0.3 is 19.9 Å². The molecule has 0 bridgehead atoms. The molecule has 0 radical (unpaired) electrons. The third-order valence-electron chi connectivity index (χ3n) is 5.03. The van der Waals surface area contributed by atoms with E-state index in [4.69, 9.17) is 4.74 Å². The number of carbonyl (C=O) groups is 2. The summed E-state index contributed by atoms with van der Waals surface area (Å²) in [5.41, 5.74) is 0.648. The van der Waals surface area contributed by atoms with Gasteiger partial charge >= 0.3 is 6.09 Å². The fourth-order valence-electron chi connectivity index (χ4n) is 3.52. The maximum absolute atomic E-state index is 12.5. The van der Waals surface area contributed by atoms with Gasteiger partial charge in [0.25, 0.3) is 5.91 Å². The SMILES string of the molecule is CCOC(=O)N1CCC(Nc2ccc(C(=O)N3CCCCC3)cn2)CC1. The fraction of sp³-hybridized carbons (Fsp3) is 0.632. The van der Waals surface area contributed by atoms with E-state index in [1.807, 2.05) is 24.0 Å². The third kappa shape index (κ3) is 4.65. The Balaban J connectivity index is 1.49. The van der Waals surface area contributed by atoms with E-state index < -0.39 is 0 Å². The van der Waals surface area contributed by atoms with Gasteiger partial charge in [-0.3, -0.25) is 4.79 Å². The average Bonchev–Trinajstić information content (AvgIpc) is 2.69. The minimum atomic E-state index is -0.232. The van der Waals surface area contributed by atoms with Crippen LogP contribution in [-0.2, 0) is 4.74 Å². The normalized spacial score (nSPS) is 18.5. The van der Waals surface area contributed by atoms with Crippen LogP contribution in [0, 0.1) is 0 Å². The number of rotatable bonds is 4. The molecule has 2 aliphatic heterocycles. The van der Waals surface area contributed by atoms with Gasteiger partial charge in [-0.25, -0.2) is 9.78 Å². The predicted octanol–water partition coefficient (Wildman–Crippen LogP) is 2.74. The lowest BCUT2D eigenvalue weighted by molar-refractivity contribution is 0.0724. The lowest BCUT2D eigenvalue weighted by atomic mass is 10.1. The Morgan fingerprint density at radius 1 is 1.12 bits per heavy atom. The Morgan fingerprint density at radius 2 is 1.85 bits per heavy atom. The van der Waals surface area contributed by atoms with E-state index in [-0.39, 0.29) is 18.0 Å². The summed E-state index contributed by atoms with van der Waals surface area (Å²) in [7, 11) is 0. The number of anilines is 1. The van der Waals surface area contributed by atoms with E-state index in [0.29, 0.717) is 25.3 Å². The van der Waals surface area contributed by atoms with Crippen molar-refractivity contribution < 1.29 is 14.3 Å². The van der Waals surface area contributed by atoms with Crippen LogP contribution in [0.3, 0.4) is 0 Å². The van der Waals surface area contributed by atoms with E-state index in [2.05, 4.69) is 10.3 Å². The number of piperidine rings is 2. The Labute approximate surface area is 154 Å². The molecule has 0 spiro atoms. The van der Waals surface area contributed by atoms with Gasteiger partial charge in [-0.05, 0) is 51.2 Å². The predicted molar refractivity (Wildman–Crippen MR) is 99.2 cm³/mol. The van der Waals surface area contributed by atoms with Gasteiger partial charge in [0.05, 0.1) is 12.2 Å². The van der Waals surface area contributed by atoms with Crippen molar-refractivity contribution in [3.8, 4) is 0 Å². The first kappa shape index (κ1) is 18.5. The zero-order chi connectivity index (χ0) is 18.4. The van der Waals surface area contributed by atoms with E-state index >= 15 is 0 Å². The van der Waals surface area contributed by atoms with Gasteiger partial charge in [-0.2, -0.15) is 0 Å². The second kappa shape index (κ2) is 8.87. The molecule has 7 heteroatoms. The zero-order valence-corrected chi connectivity index (χ0v) is 15.4. The highest BCUT2D eigenvalue weighted by atomic mass is 16.6. The molecule has 3 heterocycles. The molecule has 142 valence electrons. The minimum Gasteiger partial charge on any atom is -0.450 e. The highest BCUT2D eigenvalue weighted by Gasteiger charge is 2.24. The van der Waals surface area contributed by atoms with Gasteiger partial charge in [-0.1, -0.05) is 0 Å². The van der Waals surface area contributed by atoms with Crippen molar-refractivity contribution in [2.45, 2.75) is 45.1 Å². The first-order chi connectivity index (χ1) is 12.7. The molecule has 3 rings (SSSR count). The van der Waals surface area contributed by atoms with Gasteiger partial charge in [0, 0.05) is 38.4 Å². The number of nitrogens with one attached hydrogen (secondary N) is 1. The Bertz CT molecular complexity index is 606. The fourth-order valence-corrected chi connectivity index (χ4v) is 3.52. The van der Waals surface area contributed by atoms with Crippen LogP contribution in [0.25, 0.3) is 0 Å². The molecule has 2 fully saturated rings. The summed E-state index contributed by atoms with van der Waals surface area (Å²) < 4.78 is 5.04. The van der Waals surface area contributed by atoms with Gasteiger partial charge in [0.1, 0.15) is 5.82 Å². The molecule has 0 aromatic carbocycles. The van der Waals surface area contributed by atoms with E-state index in [1.165, 1.54) is 6.42 Å². The maximum atomic E-state index is 12.5. The van der Waals surface area contributed by atoms with E-state index in [9.17, 15) is 9.59 Å². The smallest absolute Gasteiger partial charge is 0.409 e.